The van der Waals surface area contributed by atoms with Gasteiger partial charge in [0.15, 0.2) is 6.10 Å². The van der Waals surface area contributed by atoms with Gasteiger partial charge in [0, 0.05) is 12.1 Å². The second kappa shape index (κ2) is 8.12. The molecule has 0 amide bonds. The monoisotopic (exact) mass is 340 g/mol. The van der Waals surface area contributed by atoms with Gasteiger partial charge in [0.25, 0.3) is 0 Å². The van der Waals surface area contributed by atoms with E-state index in [-0.39, 0.29) is 6.42 Å². The van der Waals surface area contributed by atoms with Gasteiger partial charge in [-0.3, -0.25) is 0 Å². The van der Waals surface area contributed by atoms with Crippen LogP contribution in [0.25, 0.3) is 0 Å². The first kappa shape index (κ1) is 19.2. The first-order valence-corrected chi connectivity index (χ1v) is 7.12. The molecule has 0 fully saturated rings. The number of phenols is 1. The molecule has 0 aliphatic heterocycles. The Morgan fingerprint density at radius 2 is 1.74 bits per heavy atom. The van der Waals surface area contributed by atoms with Crippen molar-refractivity contribution in [2.45, 2.75) is 51.3 Å². The number of hydrogen-bond donors (Lipinski definition) is 1. The fourth-order valence-corrected chi connectivity index (χ4v) is 1.99. The zero-order valence-corrected chi connectivity index (χ0v) is 12.4. The Balaban J connectivity index is 2.85. The first-order chi connectivity index (χ1) is 10.7. The molecule has 3 nitrogen and oxygen atoms in total. The van der Waals surface area contributed by atoms with Crippen LogP contribution in [-0.4, -0.2) is 23.4 Å². The van der Waals surface area contributed by atoms with Gasteiger partial charge < -0.3 is 9.84 Å². The maximum atomic E-state index is 13.5. The van der Waals surface area contributed by atoms with Gasteiger partial charge >= 0.3 is 12.1 Å². The van der Waals surface area contributed by atoms with Gasteiger partial charge in [0.2, 0.25) is 0 Å². The van der Waals surface area contributed by atoms with Crippen molar-refractivity contribution in [1.82, 2.24) is 0 Å². The second-order valence-electron chi connectivity index (χ2n) is 5.07. The minimum absolute atomic E-state index is 0.172. The highest BCUT2D eigenvalue weighted by Gasteiger charge is 2.43. The Morgan fingerprint density at radius 1 is 1.17 bits per heavy atom. The second-order valence-corrected chi connectivity index (χ2v) is 5.07. The van der Waals surface area contributed by atoms with Crippen LogP contribution in [0.4, 0.5) is 22.0 Å². The van der Waals surface area contributed by atoms with E-state index in [9.17, 15) is 26.7 Å². The molecule has 0 radical (unpaired) electrons. The Morgan fingerprint density at radius 3 is 2.22 bits per heavy atom. The SMILES string of the molecule is CCCCCCC(OC(=O)c1c(F)cc(O)cc1F)C(F)(F)F. The van der Waals surface area contributed by atoms with Crippen molar-refractivity contribution >= 4 is 5.97 Å². The van der Waals surface area contributed by atoms with E-state index in [4.69, 9.17) is 5.11 Å². The number of ether oxygens (including phenoxy) is 1. The molecule has 0 spiro atoms. The summed E-state index contributed by atoms with van der Waals surface area (Å²) < 4.78 is 69.8. The zero-order valence-electron chi connectivity index (χ0n) is 12.4. The lowest BCUT2D eigenvalue weighted by Gasteiger charge is -2.21. The van der Waals surface area contributed by atoms with Crippen molar-refractivity contribution < 1.29 is 36.6 Å². The molecule has 1 N–H and O–H groups in total. The average Bonchev–Trinajstić information content (AvgIpc) is 2.39. The quantitative estimate of drug-likeness (QED) is 0.443. The highest BCUT2D eigenvalue weighted by Crippen LogP contribution is 2.29. The smallest absolute Gasteiger partial charge is 0.425 e. The number of phenolic OH excluding ortho intramolecular Hbond substituents is 1. The minimum Gasteiger partial charge on any atom is -0.508 e. The fourth-order valence-electron chi connectivity index (χ4n) is 1.99. The third-order valence-electron chi connectivity index (χ3n) is 3.17. The van der Waals surface area contributed by atoms with Crippen LogP contribution in [0.2, 0.25) is 0 Å². The highest BCUT2D eigenvalue weighted by molar-refractivity contribution is 5.90. The molecular weight excluding hydrogens is 323 g/mol. The fraction of sp³-hybridized carbons (Fsp3) is 0.533. The number of aromatic hydroxyl groups is 1. The highest BCUT2D eigenvalue weighted by atomic mass is 19.4. The maximum absolute atomic E-state index is 13.5. The Kier molecular flexibility index (Phi) is 6.78. The van der Waals surface area contributed by atoms with Crippen LogP contribution in [0.1, 0.15) is 49.4 Å². The van der Waals surface area contributed by atoms with E-state index in [1.807, 2.05) is 6.92 Å². The number of rotatable bonds is 7. The zero-order chi connectivity index (χ0) is 17.6. The van der Waals surface area contributed by atoms with E-state index in [1.54, 1.807) is 0 Å². The van der Waals surface area contributed by atoms with Crippen LogP contribution in [0.15, 0.2) is 12.1 Å². The number of alkyl halides is 3. The van der Waals surface area contributed by atoms with Crippen LogP contribution in [0, 0.1) is 11.6 Å². The normalized spacial score (nSPS) is 13.0. The van der Waals surface area contributed by atoms with Crippen LogP contribution >= 0.6 is 0 Å². The van der Waals surface area contributed by atoms with Crippen molar-refractivity contribution in [3.05, 3.63) is 29.3 Å². The number of unbranched alkanes of at least 4 members (excludes halogenated alkanes) is 3. The molecule has 1 aromatic carbocycles. The summed E-state index contributed by atoms with van der Waals surface area (Å²) in [7, 11) is 0. The number of halogens is 5. The lowest BCUT2D eigenvalue weighted by atomic mass is 10.1. The van der Waals surface area contributed by atoms with Gasteiger partial charge in [-0.1, -0.05) is 26.2 Å². The molecule has 0 saturated heterocycles. The van der Waals surface area contributed by atoms with Crippen LogP contribution < -0.4 is 0 Å². The predicted octanol–water partition coefficient (Wildman–Crippen LogP) is 4.73. The van der Waals surface area contributed by atoms with E-state index in [2.05, 4.69) is 4.74 Å². The number of carbonyl (C=O) groups is 1. The van der Waals surface area contributed by atoms with Crippen molar-refractivity contribution in [2.24, 2.45) is 0 Å². The number of benzene rings is 1. The lowest BCUT2D eigenvalue weighted by Crippen LogP contribution is -2.34. The number of esters is 1. The summed E-state index contributed by atoms with van der Waals surface area (Å²) in [6.45, 7) is 1.89. The molecular formula is C15H17F5O3. The van der Waals surface area contributed by atoms with Gasteiger partial charge in [0.1, 0.15) is 22.9 Å². The maximum Gasteiger partial charge on any atom is 0.425 e. The molecule has 130 valence electrons. The Labute approximate surface area is 130 Å². The standard InChI is InChI=1S/C15H17F5O3/c1-2-3-4-5-6-12(15(18,19)20)23-14(22)13-10(16)7-9(21)8-11(13)17/h7-8,12,21H,2-6H2,1H3. The molecule has 0 aromatic heterocycles. The summed E-state index contributed by atoms with van der Waals surface area (Å²) in [6, 6.07) is 0.840. The molecule has 1 aromatic rings. The summed E-state index contributed by atoms with van der Waals surface area (Å²) in [4.78, 5) is 11.7. The molecule has 0 heterocycles. The molecule has 0 saturated carbocycles. The molecule has 23 heavy (non-hydrogen) atoms. The molecule has 1 rings (SSSR count). The summed E-state index contributed by atoms with van der Waals surface area (Å²) in [6.07, 6.45) is -5.48. The summed E-state index contributed by atoms with van der Waals surface area (Å²) in [5.74, 6) is -5.51. The largest absolute Gasteiger partial charge is 0.508 e. The van der Waals surface area contributed by atoms with E-state index in [0.717, 1.165) is 12.8 Å². The molecule has 8 heteroatoms. The van der Waals surface area contributed by atoms with Crippen molar-refractivity contribution in [3.63, 3.8) is 0 Å². The average molecular weight is 340 g/mol. The van der Waals surface area contributed by atoms with Crippen molar-refractivity contribution in [2.75, 3.05) is 0 Å². The Bertz CT molecular complexity index is 519. The lowest BCUT2D eigenvalue weighted by molar-refractivity contribution is -0.206. The molecule has 0 aliphatic carbocycles. The topological polar surface area (TPSA) is 46.5 Å². The van der Waals surface area contributed by atoms with E-state index in [1.165, 1.54) is 0 Å². The minimum atomic E-state index is -4.83. The van der Waals surface area contributed by atoms with Crippen molar-refractivity contribution in [1.29, 1.82) is 0 Å². The van der Waals surface area contributed by atoms with E-state index >= 15 is 0 Å². The van der Waals surface area contributed by atoms with Gasteiger partial charge in [-0.15, -0.1) is 0 Å². The van der Waals surface area contributed by atoms with Gasteiger partial charge in [0.05, 0.1) is 0 Å². The Hall–Kier alpha value is -1.86. The van der Waals surface area contributed by atoms with Crippen LogP contribution in [0.5, 0.6) is 5.75 Å². The number of carbonyl (C=O) groups excluding carboxylic acids is 1. The van der Waals surface area contributed by atoms with E-state index in [0.29, 0.717) is 18.6 Å². The molecule has 0 bridgehead atoms. The number of hydrogen-bond acceptors (Lipinski definition) is 3. The first-order valence-electron chi connectivity index (χ1n) is 7.12. The van der Waals surface area contributed by atoms with Gasteiger partial charge in [-0.2, -0.15) is 13.2 Å². The molecule has 0 aliphatic rings. The van der Waals surface area contributed by atoms with Crippen molar-refractivity contribution in [3.8, 4) is 5.75 Å². The third-order valence-corrected chi connectivity index (χ3v) is 3.17. The van der Waals surface area contributed by atoms with E-state index < -0.39 is 47.6 Å². The van der Waals surface area contributed by atoms with Crippen LogP contribution in [0.3, 0.4) is 0 Å². The van der Waals surface area contributed by atoms with Gasteiger partial charge in [-0.25, -0.2) is 13.6 Å². The predicted molar refractivity (Wildman–Crippen MR) is 72.0 cm³/mol. The van der Waals surface area contributed by atoms with Crippen LogP contribution in [-0.2, 0) is 4.74 Å². The summed E-state index contributed by atoms with van der Waals surface area (Å²) in [5, 5.41) is 8.97. The third kappa shape index (κ3) is 5.69. The summed E-state index contributed by atoms with van der Waals surface area (Å²) >= 11 is 0. The molecule has 1 atom stereocenters. The summed E-state index contributed by atoms with van der Waals surface area (Å²) in [5.41, 5.74) is -1.26. The molecule has 1 unspecified atom stereocenters. The van der Waals surface area contributed by atoms with Gasteiger partial charge in [-0.05, 0) is 12.8 Å².